The first kappa shape index (κ1) is 60.0. The number of alkyl halides is 1. The minimum Gasteiger partial charge on any atom is -0.461 e. The van der Waals surface area contributed by atoms with E-state index < -0.39 is 102 Å². The zero-order chi connectivity index (χ0) is 54.6. The maximum Gasteiger partial charge on any atom is 0.309 e. The summed E-state index contributed by atoms with van der Waals surface area (Å²) in [5, 5.41) is 46.9. The van der Waals surface area contributed by atoms with Crippen molar-refractivity contribution in [2.45, 2.75) is 199 Å². The molecule has 3 aliphatic rings. The Morgan fingerprint density at radius 3 is 2.30 bits per heavy atom. The lowest BCUT2D eigenvalue weighted by Gasteiger charge is -2.51. The van der Waals surface area contributed by atoms with Crippen LogP contribution < -0.4 is 4.87 Å². The molecular weight excluding hydrogens is 972 g/mol. The van der Waals surface area contributed by atoms with Crippen molar-refractivity contribution in [3.05, 3.63) is 56.8 Å². The second-order valence-electron chi connectivity index (χ2n) is 23.3. The fraction of sp³-hybridized carbons (Fsp3) is 0.782. The predicted molar refractivity (Wildman–Crippen MR) is 282 cm³/mol. The van der Waals surface area contributed by atoms with Crippen LogP contribution in [0.4, 0.5) is 4.39 Å². The molecule has 0 radical (unpaired) electrons. The van der Waals surface area contributed by atoms with E-state index in [4.69, 9.17) is 28.4 Å². The van der Waals surface area contributed by atoms with Crippen LogP contribution >= 0.6 is 11.3 Å². The summed E-state index contributed by atoms with van der Waals surface area (Å²) < 4.78 is 55.2. The van der Waals surface area contributed by atoms with Gasteiger partial charge < -0.3 is 58.5 Å². The molecule has 0 saturated carbocycles. The van der Waals surface area contributed by atoms with Gasteiger partial charge in [0.2, 0.25) is 0 Å². The van der Waals surface area contributed by atoms with Gasteiger partial charge in [-0.15, -0.1) is 5.10 Å². The summed E-state index contributed by atoms with van der Waals surface area (Å²) in [5.74, 6) is -2.39. The number of ether oxygens (including phenoxy) is 6. The van der Waals surface area contributed by atoms with E-state index in [1.807, 2.05) is 101 Å². The van der Waals surface area contributed by atoms with Crippen molar-refractivity contribution in [2.24, 2.45) is 29.1 Å². The number of H-pyrrole nitrogens is 1. The maximum absolute atomic E-state index is 14.9. The lowest BCUT2D eigenvalue weighted by Crippen LogP contribution is -2.60. The van der Waals surface area contributed by atoms with Crippen molar-refractivity contribution in [1.82, 2.24) is 29.8 Å². The summed E-state index contributed by atoms with van der Waals surface area (Å²) in [5.41, 5.74) is -0.238. The van der Waals surface area contributed by atoms with Crippen molar-refractivity contribution in [1.29, 1.82) is 0 Å². The number of halogens is 1. The van der Waals surface area contributed by atoms with Gasteiger partial charge in [-0.05, 0) is 90.9 Å². The SMILES string of the molecule is CC[C@H]1OC(=O)[C@H](C)C([C@H]2C[C@@](C)(OC)[C@@H](O)[C@H](C)O2)[C@H](C)[C@@H](O[C@H]2CC(N(C)CCc3cn([C@H](CF)[C@H](OC)c4ccc(-c5csc(=O)[nH]5)cc4)nn3)C[C@@H](C)O2)[C@](C)(O)C[C@@H](C)CN(C)[C@H](C)[C@@H](O)C1(C)C. The molecule has 4 N–H and O–H groups in total. The number of esters is 1. The number of methoxy groups -OCH3 is 2. The van der Waals surface area contributed by atoms with Gasteiger partial charge in [0.15, 0.2) is 6.29 Å². The molecule has 6 rings (SSSR count). The Kier molecular flexibility index (Phi) is 20.3. The molecule has 17 nitrogen and oxygen atoms in total. The highest BCUT2D eigenvalue weighted by molar-refractivity contribution is 7.07. The second-order valence-corrected chi connectivity index (χ2v) is 24.1. The van der Waals surface area contributed by atoms with Crippen LogP contribution in [0.15, 0.2) is 40.6 Å². The molecule has 3 saturated heterocycles. The van der Waals surface area contributed by atoms with Crippen molar-refractivity contribution in [3.63, 3.8) is 0 Å². The summed E-state index contributed by atoms with van der Waals surface area (Å²) in [6.45, 7) is 21.7. The first-order chi connectivity index (χ1) is 34.8. The Morgan fingerprint density at radius 2 is 1.69 bits per heavy atom. The van der Waals surface area contributed by atoms with Gasteiger partial charge in [0, 0.05) is 81.6 Å². The number of likely N-dealkylation sites (N-methyl/N-ethyl adjacent to an activating group) is 2. The predicted octanol–water partition coefficient (Wildman–Crippen LogP) is 7.00. The highest BCUT2D eigenvalue weighted by atomic mass is 32.1. The fourth-order valence-corrected chi connectivity index (χ4v) is 13.2. The number of benzene rings is 1. The fourth-order valence-electron chi connectivity index (χ4n) is 12.6. The number of carbonyl (C=O) groups excluding carboxylic acids is 1. The third-order valence-electron chi connectivity index (χ3n) is 17.2. The number of hydrogen-bond donors (Lipinski definition) is 4. The lowest BCUT2D eigenvalue weighted by atomic mass is 9.68. The number of aromatic nitrogens is 4. The summed E-state index contributed by atoms with van der Waals surface area (Å²) in [6.07, 6.45) is -1.47. The smallest absolute Gasteiger partial charge is 0.309 e. The molecule has 5 heterocycles. The molecule has 0 amide bonds. The van der Waals surface area contributed by atoms with Crippen LogP contribution in [0.2, 0.25) is 0 Å². The van der Waals surface area contributed by atoms with E-state index in [0.29, 0.717) is 50.2 Å². The minimum absolute atomic E-state index is 0.0126. The number of aromatic amines is 1. The summed E-state index contributed by atoms with van der Waals surface area (Å²) in [4.78, 5) is 33.5. The zero-order valence-electron chi connectivity index (χ0n) is 46.7. The van der Waals surface area contributed by atoms with Crippen LogP contribution in [0.25, 0.3) is 11.3 Å². The molecule has 2 unspecified atom stereocenters. The van der Waals surface area contributed by atoms with Crippen LogP contribution in [-0.2, 0) is 39.6 Å². The van der Waals surface area contributed by atoms with E-state index in [-0.39, 0.29) is 35.4 Å². The van der Waals surface area contributed by atoms with E-state index in [1.165, 1.54) is 4.68 Å². The number of nitrogens with one attached hydrogen (secondary N) is 1. The number of nitrogens with zero attached hydrogens (tertiary/aromatic N) is 5. The monoisotopic (exact) mass is 1060 g/mol. The summed E-state index contributed by atoms with van der Waals surface area (Å²) >= 11 is 1.10. The van der Waals surface area contributed by atoms with Crippen molar-refractivity contribution < 1.29 is 52.9 Å². The van der Waals surface area contributed by atoms with Gasteiger partial charge in [0.1, 0.15) is 31.0 Å². The minimum atomic E-state index is -1.45. The van der Waals surface area contributed by atoms with Gasteiger partial charge in [-0.3, -0.25) is 9.59 Å². The molecule has 3 fully saturated rings. The van der Waals surface area contributed by atoms with E-state index in [1.54, 1.807) is 25.8 Å². The van der Waals surface area contributed by atoms with Crippen LogP contribution in [0, 0.1) is 29.1 Å². The molecule has 3 aliphatic heterocycles. The second kappa shape index (κ2) is 25.1. The largest absolute Gasteiger partial charge is 0.461 e. The third kappa shape index (κ3) is 13.5. The molecule has 3 aromatic rings. The van der Waals surface area contributed by atoms with Gasteiger partial charge in [-0.25, -0.2) is 9.07 Å². The molecule has 74 heavy (non-hydrogen) atoms. The third-order valence-corrected chi connectivity index (χ3v) is 17.8. The van der Waals surface area contributed by atoms with Crippen LogP contribution in [0.1, 0.15) is 132 Å². The summed E-state index contributed by atoms with van der Waals surface area (Å²) in [7, 11) is 7.15. The number of thiazole rings is 1. The summed E-state index contributed by atoms with van der Waals surface area (Å²) in [6, 6.07) is 6.43. The Morgan fingerprint density at radius 1 is 1.00 bits per heavy atom. The zero-order valence-corrected chi connectivity index (χ0v) is 47.5. The molecule has 2 aromatic heterocycles. The van der Waals surface area contributed by atoms with Crippen molar-refractivity contribution in [2.75, 3.05) is 48.1 Å². The molecular formula is C55H89FN6O11S. The molecule has 19 heteroatoms. The number of carbonyl (C=O) groups is 1. The molecule has 1 aromatic carbocycles. The van der Waals surface area contributed by atoms with Crippen LogP contribution in [0.3, 0.4) is 0 Å². The highest BCUT2D eigenvalue weighted by Crippen LogP contribution is 2.45. The number of aliphatic hydroxyl groups is 3. The van der Waals surface area contributed by atoms with Gasteiger partial charge in [0.25, 0.3) is 0 Å². The van der Waals surface area contributed by atoms with Gasteiger partial charge >= 0.3 is 10.8 Å². The Balaban J connectivity index is 1.24. The number of cyclic esters (lactones) is 1. The first-order valence-corrected chi connectivity index (χ1v) is 27.6. The number of rotatable bonds is 15. The van der Waals surface area contributed by atoms with Gasteiger partial charge in [-0.1, -0.05) is 82.4 Å². The quantitative estimate of drug-likeness (QED) is 0.113. The van der Waals surface area contributed by atoms with Crippen molar-refractivity contribution >= 4 is 17.3 Å². The normalized spacial score (nSPS) is 36.9. The topological polar surface area (TPSA) is 203 Å². The van der Waals surface area contributed by atoms with E-state index in [2.05, 4.69) is 39.1 Å². The highest BCUT2D eigenvalue weighted by Gasteiger charge is 2.54. The molecule has 18 atom stereocenters. The Labute approximate surface area is 442 Å². The molecule has 0 spiro atoms. The molecule has 0 aliphatic carbocycles. The van der Waals surface area contributed by atoms with Crippen molar-refractivity contribution in [3.8, 4) is 11.3 Å². The van der Waals surface area contributed by atoms with Crippen LogP contribution in [-0.4, -0.2) is 171 Å². The Bertz CT molecular complexity index is 2300. The van der Waals surface area contributed by atoms with E-state index >= 15 is 0 Å². The molecule has 418 valence electrons. The average Bonchev–Trinajstić information content (AvgIpc) is 4.02. The van der Waals surface area contributed by atoms with E-state index in [9.17, 15) is 29.3 Å². The Hall–Kier alpha value is -3.21. The number of hydrogen-bond acceptors (Lipinski definition) is 16. The maximum atomic E-state index is 14.9. The van der Waals surface area contributed by atoms with Gasteiger partial charge in [-0.2, -0.15) is 0 Å². The van der Waals surface area contributed by atoms with Crippen LogP contribution in [0.5, 0.6) is 0 Å². The molecule has 0 bridgehead atoms. The van der Waals surface area contributed by atoms with E-state index in [0.717, 1.165) is 28.9 Å². The standard InChI is InChI=1S/C55H89FN6O11S/c1-16-44-53(8,9)48(63)35(6)61(13)28-31(2)25-54(10,67)50(33(4)46(34(5)51(65)72-44)43-26-55(11,69-15)49(64)36(7)71-43)73-45-24-40(23-32(3)70-45)60(12)22-21-39-29-62(59-58-39)42(27-56)47(68-14)38-19-17-37(18-20-38)41-30-74-52(66)57-41/h17-20,29-36,40,42-50,63-64,67H,16,21-28H2,1-15H3,(H,57,66)/t31-,32-,33+,34-,35-,36+,40?,42-,43-,44-,45+,46?,47-,48-,49+,50-,54-,55-/m1/s1. The first-order valence-electron chi connectivity index (χ1n) is 26.8. The lowest BCUT2D eigenvalue weighted by molar-refractivity contribution is -0.275. The average molecular weight is 1060 g/mol. The van der Waals surface area contributed by atoms with Gasteiger partial charge in [0.05, 0.1) is 59.0 Å². The number of aliphatic hydroxyl groups excluding tert-OH is 2.